The lowest BCUT2D eigenvalue weighted by molar-refractivity contribution is 0.112. The van der Waals surface area contributed by atoms with Crippen molar-refractivity contribution in [3.8, 4) is 0 Å². The van der Waals surface area contributed by atoms with Crippen molar-refractivity contribution in [3.63, 3.8) is 0 Å². The summed E-state index contributed by atoms with van der Waals surface area (Å²) in [6.07, 6.45) is 7.46. The summed E-state index contributed by atoms with van der Waals surface area (Å²) in [7, 11) is 0. The quantitative estimate of drug-likeness (QED) is 0.622. The molecule has 0 aromatic heterocycles. The molecule has 0 radical (unpaired) electrons. The van der Waals surface area contributed by atoms with E-state index in [1.807, 2.05) is 12.1 Å². The predicted molar refractivity (Wildman–Crippen MR) is 96.0 cm³/mol. The molecule has 1 aliphatic rings. The fraction of sp³-hybridized carbons (Fsp3) is 0.409. The molecule has 1 heteroatoms. The minimum Gasteiger partial charge on any atom is -0.298 e. The van der Waals surface area contributed by atoms with Gasteiger partial charge in [-0.05, 0) is 61.0 Å². The largest absolute Gasteiger partial charge is 0.298 e. The molecule has 1 atom stereocenters. The number of carbonyl (C=O) groups excluding carboxylic acids is 1. The zero-order valence-electron chi connectivity index (χ0n) is 13.9. The average Bonchev–Trinajstić information content (AvgIpc) is 2.63. The van der Waals surface area contributed by atoms with Gasteiger partial charge in [-0.3, -0.25) is 4.79 Å². The Bertz CT molecular complexity index is 606. The maximum absolute atomic E-state index is 10.8. The molecule has 0 amide bonds. The van der Waals surface area contributed by atoms with Gasteiger partial charge in [0.1, 0.15) is 6.29 Å². The summed E-state index contributed by atoms with van der Waals surface area (Å²) in [5.74, 6) is 2.19. The number of hydrogen-bond donors (Lipinski definition) is 0. The van der Waals surface area contributed by atoms with E-state index in [0.29, 0.717) is 11.8 Å². The van der Waals surface area contributed by atoms with Gasteiger partial charge in [0.05, 0.1) is 0 Å². The molecule has 120 valence electrons. The molecule has 0 heterocycles. The van der Waals surface area contributed by atoms with Crippen LogP contribution in [0, 0.1) is 5.92 Å². The second-order valence-corrected chi connectivity index (χ2v) is 7.05. The summed E-state index contributed by atoms with van der Waals surface area (Å²) >= 11 is 0. The van der Waals surface area contributed by atoms with Crippen molar-refractivity contribution in [3.05, 3.63) is 71.3 Å². The Morgan fingerprint density at radius 1 is 0.957 bits per heavy atom. The van der Waals surface area contributed by atoms with Gasteiger partial charge in [0.2, 0.25) is 0 Å². The molecule has 0 aliphatic heterocycles. The van der Waals surface area contributed by atoms with Crippen molar-refractivity contribution in [2.24, 2.45) is 5.92 Å². The van der Waals surface area contributed by atoms with Crippen LogP contribution in [0.15, 0.2) is 54.6 Å². The number of rotatable bonds is 5. The highest BCUT2D eigenvalue weighted by Gasteiger charge is 2.23. The van der Waals surface area contributed by atoms with Gasteiger partial charge in [-0.15, -0.1) is 0 Å². The Morgan fingerprint density at radius 3 is 2.22 bits per heavy atom. The zero-order valence-corrected chi connectivity index (χ0v) is 13.9. The van der Waals surface area contributed by atoms with Crippen molar-refractivity contribution in [2.75, 3.05) is 0 Å². The fourth-order valence-electron chi connectivity index (χ4n) is 4.00. The maximum Gasteiger partial charge on any atom is 0.150 e. The third kappa shape index (κ3) is 4.10. The molecule has 0 N–H and O–H groups in total. The smallest absolute Gasteiger partial charge is 0.150 e. The molecule has 3 rings (SSSR count). The highest BCUT2D eigenvalue weighted by Crippen LogP contribution is 2.39. The molecule has 23 heavy (non-hydrogen) atoms. The van der Waals surface area contributed by atoms with Gasteiger partial charge in [-0.2, -0.15) is 0 Å². The van der Waals surface area contributed by atoms with E-state index in [1.54, 1.807) is 0 Å². The molecule has 0 saturated heterocycles. The van der Waals surface area contributed by atoms with Gasteiger partial charge in [0.25, 0.3) is 0 Å². The lowest BCUT2D eigenvalue weighted by Crippen LogP contribution is -2.15. The second-order valence-electron chi connectivity index (χ2n) is 7.05. The van der Waals surface area contributed by atoms with Crippen LogP contribution in [0.4, 0.5) is 0 Å². The van der Waals surface area contributed by atoms with E-state index >= 15 is 0 Å². The third-order valence-electron chi connectivity index (χ3n) is 5.45. The second kappa shape index (κ2) is 7.59. The summed E-state index contributed by atoms with van der Waals surface area (Å²) in [5, 5.41) is 0. The van der Waals surface area contributed by atoms with Gasteiger partial charge in [-0.25, -0.2) is 0 Å². The fourth-order valence-corrected chi connectivity index (χ4v) is 4.00. The lowest BCUT2D eigenvalue weighted by Gasteiger charge is -2.30. The average molecular weight is 306 g/mol. The molecular weight excluding hydrogens is 280 g/mol. The number of benzene rings is 2. The van der Waals surface area contributed by atoms with Crippen LogP contribution in [-0.2, 0) is 0 Å². The third-order valence-corrected chi connectivity index (χ3v) is 5.45. The van der Waals surface area contributed by atoms with Crippen LogP contribution in [0.25, 0.3) is 0 Å². The van der Waals surface area contributed by atoms with Crippen LogP contribution < -0.4 is 0 Å². The summed E-state index contributed by atoms with van der Waals surface area (Å²) in [6.45, 7) is 2.36. The highest BCUT2D eigenvalue weighted by molar-refractivity contribution is 5.74. The van der Waals surface area contributed by atoms with Gasteiger partial charge >= 0.3 is 0 Å². The monoisotopic (exact) mass is 306 g/mol. The van der Waals surface area contributed by atoms with Crippen LogP contribution in [-0.4, -0.2) is 6.29 Å². The van der Waals surface area contributed by atoms with Crippen molar-refractivity contribution < 1.29 is 4.79 Å². The molecule has 1 fully saturated rings. The van der Waals surface area contributed by atoms with E-state index < -0.39 is 0 Å². The summed E-state index contributed by atoms with van der Waals surface area (Å²) in [5.41, 5.74) is 3.66. The highest BCUT2D eigenvalue weighted by atomic mass is 16.1. The van der Waals surface area contributed by atoms with E-state index in [0.717, 1.165) is 17.8 Å². The summed E-state index contributed by atoms with van der Waals surface area (Å²) in [6, 6.07) is 19.1. The number of carbonyl (C=O) groups is 1. The number of hydrogen-bond acceptors (Lipinski definition) is 1. The molecule has 1 aliphatic carbocycles. The normalized spacial score (nSPS) is 22.5. The molecule has 1 saturated carbocycles. The van der Waals surface area contributed by atoms with Crippen molar-refractivity contribution in [1.29, 1.82) is 0 Å². The van der Waals surface area contributed by atoms with Crippen molar-refractivity contribution in [1.82, 2.24) is 0 Å². The number of aldehydes is 1. The van der Waals surface area contributed by atoms with Crippen LogP contribution in [0.5, 0.6) is 0 Å². The molecule has 1 nitrogen and oxygen atoms in total. The Morgan fingerprint density at radius 2 is 1.61 bits per heavy atom. The zero-order chi connectivity index (χ0) is 16.1. The van der Waals surface area contributed by atoms with E-state index in [-0.39, 0.29) is 0 Å². The molecule has 0 unspecified atom stereocenters. The standard InChI is InChI=1S/C22H26O/c1-17(20-5-3-2-4-6-20)15-18-7-11-21(12-8-18)22-13-9-19(16-23)10-14-22/h2-6,9-10,13-14,16-18,21H,7-8,11-12,15H2,1H3/t17-,18?,21?/m0/s1. The van der Waals surface area contributed by atoms with Crippen molar-refractivity contribution in [2.45, 2.75) is 50.9 Å². The Hall–Kier alpha value is -1.89. The molecular formula is C22H26O. The topological polar surface area (TPSA) is 17.1 Å². The first kappa shape index (κ1) is 16.0. The van der Waals surface area contributed by atoms with Gasteiger partial charge < -0.3 is 0 Å². The SMILES string of the molecule is C[C@@H](CC1CCC(c2ccc(C=O)cc2)CC1)c1ccccc1. The van der Waals surface area contributed by atoms with E-state index in [1.165, 1.54) is 43.2 Å². The van der Waals surface area contributed by atoms with Crippen LogP contribution in [0.2, 0.25) is 0 Å². The molecule has 0 spiro atoms. The van der Waals surface area contributed by atoms with Gasteiger partial charge in [0.15, 0.2) is 0 Å². The van der Waals surface area contributed by atoms with Crippen molar-refractivity contribution >= 4 is 6.29 Å². The Labute approximate surface area is 139 Å². The van der Waals surface area contributed by atoms with Crippen LogP contribution in [0.1, 0.15) is 72.3 Å². The van der Waals surface area contributed by atoms with Gasteiger partial charge in [0, 0.05) is 5.56 Å². The predicted octanol–water partition coefficient (Wildman–Crippen LogP) is 5.97. The first-order valence-electron chi connectivity index (χ1n) is 8.86. The first-order chi connectivity index (χ1) is 11.3. The summed E-state index contributed by atoms with van der Waals surface area (Å²) in [4.78, 5) is 10.8. The van der Waals surface area contributed by atoms with Gasteiger partial charge in [-0.1, -0.05) is 61.5 Å². The molecule has 2 aromatic carbocycles. The Balaban J connectivity index is 1.52. The minimum atomic E-state index is 0.657. The molecule has 0 bridgehead atoms. The molecule has 2 aromatic rings. The van der Waals surface area contributed by atoms with E-state index in [2.05, 4.69) is 49.4 Å². The van der Waals surface area contributed by atoms with Crippen LogP contribution >= 0.6 is 0 Å². The van der Waals surface area contributed by atoms with Crippen LogP contribution in [0.3, 0.4) is 0 Å². The summed E-state index contributed by atoms with van der Waals surface area (Å²) < 4.78 is 0. The van der Waals surface area contributed by atoms with E-state index in [9.17, 15) is 4.79 Å². The van der Waals surface area contributed by atoms with E-state index in [4.69, 9.17) is 0 Å². The minimum absolute atomic E-state index is 0.657. The first-order valence-corrected chi connectivity index (χ1v) is 8.86. The Kier molecular flexibility index (Phi) is 5.27. The lowest BCUT2D eigenvalue weighted by atomic mass is 9.75. The maximum atomic E-state index is 10.8.